The molecule has 0 aliphatic carbocycles. The van der Waals surface area contributed by atoms with Crippen LogP contribution >= 0.6 is 0 Å². The molecule has 1 amide bonds. The van der Waals surface area contributed by atoms with Crippen LogP contribution in [-0.2, 0) is 10.2 Å². The maximum absolute atomic E-state index is 11.6. The van der Waals surface area contributed by atoms with Crippen molar-refractivity contribution in [3.05, 3.63) is 48.0 Å². The zero-order valence-corrected chi connectivity index (χ0v) is 11.0. The molecule has 0 bridgehead atoms. The summed E-state index contributed by atoms with van der Waals surface area (Å²) in [5, 5.41) is 5.71. The number of nitrogens with one attached hydrogen (secondary N) is 1. The normalized spacial score (nSPS) is 26.7. The van der Waals surface area contributed by atoms with E-state index in [1.165, 1.54) is 16.3 Å². The molecule has 2 atom stereocenters. The van der Waals surface area contributed by atoms with Gasteiger partial charge in [0.25, 0.3) is 0 Å². The molecule has 1 aliphatic rings. The number of carbonyl (C=O) groups is 1. The third kappa shape index (κ3) is 1.90. The van der Waals surface area contributed by atoms with Crippen molar-refractivity contribution in [2.45, 2.75) is 12.3 Å². The lowest BCUT2D eigenvalue weighted by Crippen LogP contribution is -2.39. The molecule has 3 nitrogen and oxygen atoms in total. The van der Waals surface area contributed by atoms with Crippen molar-refractivity contribution in [2.75, 3.05) is 13.1 Å². The Morgan fingerprint density at radius 1 is 1.26 bits per heavy atom. The van der Waals surface area contributed by atoms with E-state index in [1.807, 2.05) is 12.1 Å². The van der Waals surface area contributed by atoms with Gasteiger partial charge in [0.05, 0.1) is 5.92 Å². The summed E-state index contributed by atoms with van der Waals surface area (Å²) in [6.07, 6.45) is 0. The fourth-order valence-electron chi connectivity index (χ4n) is 3.09. The Hall–Kier alpha value is -1.87. The Kier molecular flexibility index (Phi) is 2.79. The van der Waals surface area contributed by atoms with E-state index >= 15 is 0 Å². The molecule has 0 aromatic heterocycles. The summed E-state index contributed by atoms with van der Waals surface area (Å²) >= 11 is 0. The third-order valence-corrected chi connectivity index (χ3v) is 4.36. The lowest BCUT2D eigenvalue weighted by atomic mass is 9.73. The Morgan fingerprint density at radius 3 is 2.74 bits per heavy atom. The minimum absolute atomic E-state index is 0.145. The molecule has 1 fully saturated rings. The maximum atomic E-state index is 11.6. The van der Waals surface area contributed by atoms with E-state index in [2.05, 4.69) is 42.6 Å². The predicted molar refractivity (Wildman–Crippen MR) is 76.9 cm³/mol. The molecule has 2 aromatic rings. The number of hydrogen-bond acceptors (Lipinski definition) is 2. The first-order valence-corrected chi connectivity index (χ1v) is 6.60. The maximum Gasteiger partial charge on any atom is 0.222 e. The molecule has 0 radical (unpaired) electrons. The van der Waals surface area contributed by atoms with Crippen molar-refractivity contribution >= 4 is 16.7 Å². The van der Waals surface area contributed by atoms with Crippen LogP contribution in [0.3, 0.4) is 0 Å². The number of hydrogen-bond donors (Lipinski definition) is 2. The average molecular weight is 254 g/mol. The summed E-state index contributed by atoms with van der Waals surface area (Å²) in [6.45, 7) is 3.57. The Labute approximate surface area is 112 Å². The van der Waals surface area contributed by atoms with Gasteiger partial charge in [0.1, 0.15) is 0 Å². The van der Waals surface area contributed by atoms with Crippen molar-refractivity contribution in [3.63, 3.8) is 0 Å². The first-order chi connectivity index (χ1) is 9.11. The van der Waals surface area contributed by atoms with Crippen molar-refractivity contribution in [1.82, 2.24) is 5.32 Å². The number of primary amides is 1. The van der Waals surface area contributed by atoms with Crippen molar-refractivity contribution in [1.29, 1.82) is 0 Å². The van der Waals surface area contributed by atoms with Gasteiger partial charge in [-0.2, -0.15) is 0 Å². The molecule has 2 aromatic carbocycles. The summed E-state index contributed by atoms with van der Waals surface area (Å²) in [5.41, 5.74) is 6.51. The van der Waals surface area contributed by atoms with Gasteiger partial charge in [0.15, 0.2) is 0 Å². The highest BCUT2D eigenvalue weighted by molar-refractivity contribution is 5.84. The Balaban J connectivity index is 2.10. The topological polar surface area (TPSA) is 55.1 Å². The van der Waals surface area contributed by atoms with Gasteiger partial charge in [-0.1, -0.05) is 49.4 Å². The lowest BCUT2D eigenvalue weighted by molar-refractivity contribution is -0.122. The van der Waals surface area contributed by atoms with Crippen LogP contribution in [0.5, 0.6) is 0 Å². The van der Waals surface area contributed by atoms with E-state index in [1.54, 1.807) is 0 Å². The summed E-state index contributed by atoms with van der Waals surface area (Å²) in [7, 11) is 0. The molecule has 19 heavy (non-hydrogen) atoms. The molecule has 3 N–H and O–H groups in total. The highest BCUT2D eigenvalue weighted by Gasteiger charge is 2.43. The van der Waals surface area contributed by atoms with Crippen molar-refractivity contribution in [3.8, 4) is 0 Å². The van der Waals surface area contributed by atoms with E-state index in [9.17, 15) is 4.79 Å². The fraction of sp³-hybridized carbons (Fsp3) is 0.312. The molecule has 0 spiro atoms. The van der Waals surface area contributed by atoms with Gasteiger partial charge >= 0.3 is 0 Å². The van der Waals surface area contributed by atoms with Crippen LogP contribution < -0.4 is 11.1 Å². The minimum atomic E-state index is -0.222. The number of amides is 1. The van der Waals surface area contributed by atoms with Crippen LogP contribution in [-0.4, -0.2) is 19.0 Å². The highest BCUT2D eigenvalue weighted by atomic mass is 16.1. The summed E-state index contributed by atoms with van der Waals surface area (Å²) in [5.74, 6) is -0.366. The summed E-state index contributed by atoms with van der Waals surface area (Å²) < 4.78 is 0. The Morgan fingerprint density at radius 2 is 2.00 bits per heavy atom. The largest absolute Gasteiger partial charge is 0.369 e. The molecular weight excluding hydrogens is 236 g/mol. The summed E-state index contributed by atoms with van der Waals surface area (Å²) in [4.78, 5) is 11.6. The SMILES string of the molecule is CC1(c2ccc3ccccc3c2)CNCC1C(N)=O. The second-order valence-electron chi connectivity index (χ2n) is 5.57. The molecular formula is C16H18N2O. The second-order valence-corrected chi connectivity index (χ2v) is 5.57. The molecule has 0 saturated carbocycles. The number of rotatable bonds is 2. The van der Waals surface area contributed by atoms with Crippen LogP contribution in [0.25, 0.3) is 10.8 Å². The van der Waals surface area contributed by atoms with Crippen molar-refractivity contribution in [2.24, 2.45) is 11.7 Å². The average Bonchev–Trinajstić information content (AvgIpc) is 2.82. The standard InChI is InChI=1S/C16H18N2O/c1-16(10-18-9-14(16)15(17)19)13-7-6-11-4-2-3-5-12(11)8-13/h2-8,14,18H,9-10H2,1H3,(H2,17,19). The van der Waals surface area contributed by atoms with Gasteiger partial charge < -0.3 is 11.1 Å². The quantitative estimate of drug-likeness (QED) is 0.858. The minimum Gasteiger partial charge on any atom is -0.369 e. The van der Waals surface area contributed by atoms with Gasteiger partial charge in [-0.25, -0.2) is 0 Å². The highest BCUT2D eigenvalue weighted by Crippen LogP contribution is 2.36. The van der Waals surface area contributed by atoms with E-state index in [4.69, 9.17) is 5.73 Å². The van der Waals surface area contributed by atoms with Crippen LogP contribution in [0.2, 0.25) is 0 Å². The number of carbonyl (C=O) groups excluding carboxylic acids is 1. The molecule has 2 unspecified atom stereocenters. The number of benzene rings is 2. The van der Waals surface area contributed by atoms with Crippen LogP contribution in [0, 0.1) is 5.92 Å². The fourth-order valence-corrected chi connectivity index (χ4v) is 3.09. The second kappa shape index (κ2) is 4.35. The van der Waals surface area contributed by atoms with Gasteiger partial charge in [0, 0.05) is 18.5 Å². The predicted octanol–water partition coefficient (Wildman–Crippen LogP) is 1.80. The molecule has 98 valence electrons. The van der Waals surface area contributed by atoms with Crippen LogP contribution in [0.15, 0.2) is 42.5 Å². The van der Waals surface area contributed by atoms with E-state index in [0.29, 0.717) is 6.54 Å². The molecule has 3 rings (SSSR count). The van der Waals surface area contributed by atoms with Gasteiger partial charge in [-0.3, -0.25) is 4.79 Å². The number of fused-ring (bicyclic) bond motifs is 1. The molecule has 1 saturated heterocycles. The Bertz CT molecular complexity index is 637. The molecule has 1 heterocycles. The van der Waals surface area contributed by atoms with Crippen LogP contribution in [0.1, 0.15) is 12.5 Å². The van der Waals surface area contributed by atoms with Gasteiger partial charge in [-0.05, 0) is 16.3 Å². The number of nitrogens with two attached hydrogens (primary N) is 1. The van der Waals surface area contributed by atoms with Gasteiger partial charge in [-0.15, -0.1) is 0 Å². The summed E-state index contributed by atoms with van der Waals surface area (Å²) in [6, 6.07) is 14.7. The first-order valence-electron chi connectivity index (χ1n) is 6.60. The van der Waals surface area contributed by atoms with Crippen LogP contribution in [0.4, 0.5) is 0 Å². The van der Waals surface area contributed by atoms with Gasteiger partial charge in [0.2, 0.25) is 5.91 Å². The third-order valence-electron chi connectivity index (χ3n) is 4.36. The zero-order valence-electron chi connectivity index (χ0n) is 11.0. The first kappa shape index (κ1) is 12.2. The molecule has 3 heteroatoms. The zero-order chi connectivity index (χ0) is 13.5. The van der Waals surface area contributed by atoms with E-state index in [0.717, 1.165) is 6.54 Å². The monoisotopic (exact) mass is 254 g/mol. The lowest BCUT2D eigenvalue weighted by Gasteiger charge is -2.29. The molecule has 1 aliphatic heterocycles. The van der Waals surface area contributed by atoms with E-state index < -0.39 is 0 Å². The smallest absolute Gasteiger partial charge is 0.222 e. The van der Waals surface area contributed by atoms with Crippen molar-refractivity contribution < 1.29 is 4.79 Å². The van der Waals surface area contributed by atoms with E-state index in [-0.39, 0.29) is 17.2 Å².